The summed E-state index contributed by atoms with van der Waals surface area (Å²) in [4.78, 5) is 8.18. The van der Waals surface area contributed by atoms with Crippen LogP contribution in [0.3, 0.4) is 0 Å². The molecule has 0 aliphatic rings. The molecule has 0 aliphatic carbocycles. The molecule has 6 nitrogen and oxygen atoms in total. The number of hydrogen-bond acceptors (Lipinski definition) is 5. The van der Waals surface area contributed by atoms with E-state index in [0.29, 0.717) is 17.5 Å². The van der Waals surface area contributed by atoms with Crippen LogP contribution >= 0.6 is 28.1 Å². The van der Waals surface area contributed by atoms with E-state index < -0.39 is 0 Å². The Bertz CT molecular complexity index is 550. The number of anilines is 1. The van der Waals surface area contributed by atoms with E-state index in [1.807, 2.05) is 0 Å². The number of rotatable bonds is 4. The molecule has 0 bridgehead atoms. The zero-order valence-electron chi connectivity index (χ0n) is 9.88. The summed E-state index contributed by atoms with van der Waals surface area (Å²) in [5, 5.41) is 14.2. The summed E-state index contributed by atoms with van der Waals surface area (Å²) < 4.78 is 0.806. The highest BCUT2D eigenvalue weighted by Crippen LogP contribution is 2.16. The molecule has 0 aromatic carbocycles. The van der Waals surface area contributed by atoms with Gasteiger partial charge in [-0.2, -0.15) is 5.10 Å². The maximum absolute atomic E-state index is 5.16. The van der Waals surface area contributed by atoms with Gasteiger partial charge in [0.15, 0.2) is 10.9 Å². The molecule has 0 fully saturated rings. The van der Waals surface area contributed by atoms with Crippen molar-refractivity contribution >= 4 is 39.1 Å². The van der Waals surface area contributed by atoms with Gasteiger partial charge in [0.05, 0.1) is 16.4 Å². The van der Waals surface area contributed by atoms with Crippen LogP contribution in [-0.4, -0.2) is 31.8 Å². The number of halogens is 1. The average molecular weight is 339 g/mol. The van der Waals surface area contributed by atoms with Gasteiger partial charge in [0, 0.05) is 31.6 Å². The third-order valence-electron chi connectivity index (χ3n) is 2.19. The van der Waals surface area contributed by atoms with Gasteiger partial charge >= 0.3 is 0 Å². The molecule has 8 heteroatoms. The second-order valence-corrected chi connectivity index (χ2v) is 4.82. The molecular formula is C11H11BrN6S. The lowest BCUT2D eigenvalue weighted by Crippen LogP contribution is -2.30. The van der Waals surface area contributed by atoms with Crippen molar-refractivity contribution in [1.29, 1.82) is 0 Å². The standard InChI is InChI=1S/C11H11BrN6S/c12-9-2-4-16-18-10(9)17-11(19)15-3-1-8-7-13-5-6-14-8/h2,4-7H,1,3H2,(H2,15,17,18,19). The first-order valence-corrected chi connectivity index (χ1v) is 6.73. The summed E-state index contributed by atoms with van der Waals surface area (Å²) in [5.41, 5.74) is 0.915. The Balaban J connectivity index is 1.78. The van der Waals surface area contributed by atoms with Gasteiger partial charge in [0.1, 0.15) is 0 Å². The Morgan fingerprint density at radius 2 is 2.21 bits per heavy atom. The molecule has 2 heterocycles. The Labute approximate surface area is 124 Å². The van der Waals surface area contributed by atoms with Gasteiger partial charge < -0.3 is 10.6 Å². The van der Waals surface area contributed by atoms with E-state index in [-0.39, 0.29) is 0 Å². The van der Waals surface area contributed by atoms with Crippen molar-refractivity contribution in [3.05, 3.63) is 41.0 Å². The first-order valence-electron chi connectivity index (χ1n) is 5.52. The van der Waals surface area contributed by atoms with Crippen molar-refractivity contribution in [1.82, 2.24) is 25.5 Å². The maximum atomic E-state index is 5.16. The number of nitrogens with zero attached hydrogens (tertiary/aromatic N) is 4. The van der Waals surface area contributed by atoms with E-state index in [2.05, 4.69) is 46.7 Å². The van der Waals surface area contributed by atoms with Crippen molar-refractivity contribution in [3.8, 4) is 0 Å². The molecule has 0 saturated carbocycles. The summed E-state index contributed by atoms with van der Waals surface area (Å²) in [6.45, 7) is 0.669. The molecule has 0 aliphatic heterocycles. The van der Waals surface area contributed by atoms with Crippen LogP contribution in [0.4, 0.5) is 5.82 Å². The topological polar surface area (TPSA) is 75.6 Å². The molecule has 0 saturated heterocycles. The van der Waals surface area contributed by atoms with Crippen LogP contribution in [0.1, 0.15) is 5.69 Å². The first kappa shape index (κ1) is 13.8. The van der Waals surface area contributed by atoms with E-state index >= 15 is 0 Å². The highest BCUT2D eigenvalue weighted by molar-refractivity contribution is 9.10. The van der Waals surface area contributed by atoms with Crippen LogP contribution in [-0.2, 0) is 6.42 Å². The molecular weight excluding hydrogens is 328 g/mol. The minimum atomic E-state index is 0.491. The molecule has 98 valence electrons. The Kier molecular flexibility index (Phi) is 5.10. The molecule has 2 aromatic heterocycles. The predicted molar refractivity (Wildman–Crippen MR) is 79.7 cm³/mol. The summed E-state index contributed by atoms with van der Waals surface area (Å²) in [6, 6.07) is 1.79. The van der Waals surface area contributed by atoms with Crippen LogP contribution in [0.5, 0.6) is 0 Å². The third-order valence-corrected chi connectivity index (χ3v) is 3.07. The van der Waals surface area contributed by atoms with Crippen molar-refractivity contribution in [2.45, 2.75) is 6.42 Å². The fourth-order valence-electron chi connectivity index (χ4n) is 1.32. The molecule has 0 atom stereocenters. The van der Waals surface area contributed by atoms with E-state index in [1.54, 1.807) is 30.9 Å². The lowest BCUT2D eigenvalue weighted by molar-refractivity contribution is 0.838. The largest absolute Gasteiger partial charge is 0.362 e. The lowest BCUT2D eigenvalue weighted by atomic mass is 10.3. The highest BCUT2D eigenvalue weighted by Gasteiger charge is 2.03. The Morgan fingerprint density at radius 1 is 1.32 bits per heavy atom. The quantitative estimate of drug-likeness (QED) is 0.819. The smallest absolute Gasteiger partial charge is 0.172 e. The lowest BCUT2D eigenvalue weighted by Gasteiger charge is -2.09. The molecule has 0 amide bonds. The Morgan fingerprint density at radius 3 is 2.95 bits per heavy atom. The van der Waals surface area contributed by atoms with Crippen molar-refractivity contribution in [3.63, 3.8) is 0 Å². The normalized spacial score (nSPS) is 9.95. The van der Waals surface area contributed by atoms with Gasteiger partial charge in [0.25, 0.3) is 0 Å². The molecule has 2 N–H and O–H groups in total. The molecule has 0 spiro atoms. The second kappa shape index (κ2) is 7.05. The fraction of sp³-hybridized carbons (Fsp3) is 0.182. The van der Waals surface area contributed by atoms with Gasteiger partial charge in [-0.3, -0.25) is 9.97 Å². The van der Waals surface area contributed by atoms with Gasteiger partial charge in [-0.25, -0.2) is 0 Å². The molecule has 2 rings (SSSR count). The van der Waals surface area contributed by atoms with Crippen molar-refractivity contribution in [2.75, 3.05) is 11.9 Å². The summed E-state index contributed by atoms with van der Waals surface area (Å²) in [5.74, 6) is 0.583. The predicted octanol–water partition coefficient (Wildman–Crippen LogP) is 1.56. The minimum Gasteiger partial charge on any atom is -0.362 e. The number of nitrogens with one attached hydrogen (secondary N) is 2. The first-order chi connectivity index (χ1) is 9.25. The second-order valence-electron chi connectivity index (χ2n) is 3.56. The van der Waals surface area contributed by atoms with Crippen LogP contribution in [0.2, 0.25) is 0 Å². The minimum absolute atomic E-state index is 0.491. The van der Waals surface area contributed by atoms with Crippen LogP contribution < -0.4 is 10.6 Å². The zero-order chi connectivity index (χ0) is 13.5. The van der Waals surface area contributed by atoms with Crippen molar-refractivity contribution < 1.29 is 0 Å². The molecule has 0 unspecified atom stereocenters. The van der Waals surface area contributed by atoms with E-state index in [1.165, 1.54) is 0 Å². The van der Waals surface area contributed by atoms with Gasteiger partial charge in [0.2, 0.25) is 0 Å². The fourth-order valence-corrected chi connectivity index (χ4v) is 1.81. The number of aromatic nitrogens is 4. The van der Waals surface area contributed by atoms with Gasteiger partial charge in [-0.15, -0.1) is 5.10 Å². The highest BCUT2D eigenvalue weighted by atomic mass is 79.9. The summed E-state index contributed by atoms with van der Waals surface area (Å²) in [6.07, 6.45) is 7.39. The van der Waals surface area contributed by atoms with Crippen LogP contribution in [0, 0.1) is 0 Å². The van der Waals surface area contributed by atoms with E-state index in [4.69, 9.17) is 12.2 Å². The summed E-state index contributed by atoms with van der Waals surface area (Å²) >= 11 is 8.52. The molecule has 0 radical (unpaired) electrons. The van der Waals surface area contributed by atoms with Crippen molar-refractivity contribution in [2.24, 2.45) is 0 Å². The number of thiocarbonyl (C=S) groups is 1. The monoisotopic (exact) mass is 338 g/mol. The molecule has 19 heavy (non-hydrogen) atoms. The average Bonchev–Trinajstić information content (AvgIpc) is 2.43. The SMILES string of the molecule is S=C(NCCc1cnccn1)Nc1nnccc1Br. The van der Waals surface area contributed by atoms with Gasteiger partial charge in [-0.05, 0) is 34.2 Å². The van der Waals surface area contributed by atoms with Crippen LogP contribution in [0.15, 0.2) is 35.3 Å². The van der Waals surface area contributed by atoms with Crippen LogP contribution in [0.25, 0.3) is 0 Å². The van der Waals surface area contributed by atoms with E-state index in [9.17, 15) is 0 Å². The van der Waals surface area contributed by atoms with E-state index in [0.717, 1.165) is 16.6 Å². The number of hydrogen-bond donors (Lipinski definition) is 2. The molecule has 2 aromatic rings. The third kappa shape index (κ3) is 4.49. The maximum Gasteiger partial charge on any atom is 0.172 e. The summed E-state index contributed by atoms with van der Waals surface area (Å²) in [7, 11) is 0. The van der Waals surface area contributed by atoms with Gasteiger partial charge in [-0.1, -0.05) is 0 Å². The Hall–Kier alpha value is -1.67. The zero-order valence-corrected chi connectivity index (χ0v) is 12.3.